The van der Waals surface area contributed by atoms with Crippen LogP contribution >= 0.6 is 0 Å². The molecule has 1 saturated heterocycles. The quantitative estimate of drug-likeness (QED) is 0.498. The van der Waals surface area contributed by atoms with Crippen LogP contribution in [-0.4, -0.2) is 54.4 Å². The summed E-state index contributed by atoms with van der Waals surface area (Å²) in [5.41, 5.74) is 1.74. The Balaban J connectivity index is 1.33. The van der Waals surface area contributed by atoms with Crippen molar-refractivity contribution in [1.82, 2.24) is 10.2 Å². The maximum Gasteiger partial charge on any atom is 0.123 e. The molecule has 2 N–H and O–H groups in total. The Bertz CT molecular complexity index is 817. The molecule has 34 heavy (non-hydrogen) atoms. The van der Waals surface area contributed by atoms with Gasteiger partial charge < -0.3 is 15.2 Å². The van der Waals surface area contributed by atoms with E-state index in [0.717, 1.165) is 17.7 Å². The zero-order valence-corrected chi connectivity index (χ0v) is 20.0. The van der Waals surface area contributed by atoms with Crippen molar-refractivity contribution in [3.63, 3.8) is 0 Å². The average Bonchev–Trinajstić information content (AvgIpc) is 2.87. The number of nitrogens with zero attached hydrogens (tertiary/aromatic N) is 1. The lowest BCUT2D eigenvalue weighted by Gasteiger charge is -2.48. The number of likely N-dealkylation sites (tertiary alicyclic amines) is 1. The zero-order valence-electron chi connectivity index (χ0n) is 20.0. The van der Waals surface area contributed by atoms with Crippen molar-refractivity contribution in [2.75, 3.05) is 32.8 Å². The van der Waals surface area contributed by atoms with Gasteiger partial charge in [-0.2, -0.15) is 0 Å². The zero-order chi connectivity index (χ0) is 23.8. The highest BCUT2D eigenvalue weighted by Crippen LogP contribution is 2.35. The first kappa shape index (κ1) is 25.2. The Morgan fingerprint density at radius 3 is 1.91 bits per heavy atom. The standard InChI is InChI=1S/C28H38F2N2O2/c29-24-11-7-22(8-12-24)27(23-9-13-25(30)14-10-23)34-20-26(33)19-31-21-28(15-3-1-4-16-28)32-17-5-2-6-18-32/h7-14,26-27,31,33H,1-6,15-21H2. The summed E-state index contributed by atoms with van der Waals surface area (Å²) in [6.07, 6.45) is 9.05. The molecule has 2 fully saturated rings. The number of nitrogens with one attached hydrogen (secondary N) is 1. The predicted octanol–water partition coefficient (Wildman–Crippen LogP) is 5.21. The summed E-state index contributed by atoms with van der Waals surface area (Å²) >= 11 is 0. The lowest BCUT2D eigenvalue weighted by atomic mass is 9.79. The van der Waals surface area contributed by atoms with Gasteiger partial charge in [-0.3, -0.25) is 4.90 Å². The highest BCUT2D eigenvalue weighted by Gasteiger charge is 2.38. The van der Waals surface area contributed by atoms with Gasteiger partial charge in [0.2, 0.25) is 0 Å². The van der Waals surface area contributed by atoms with Crippen molar-refractivity contribution < 1.29 is 18.6 Å². The van der Waals surface area contributed by atoms with Crippen molar-refractivity contribution in [2.45, 2.75) is 69.1 Å². The van der Waals surface area contributed by atoms with Crippen LogP contribution in [0.15, 0.2) is 48.5 Å². The third-order valence-corrected chi connectivity index (χ3v) is 7.45. The summed E-state index contributed by atoms with van der Waals surface area (Å²) in [5, 5.41) is 14.2. The Labute approximate surface area is 202 Å². The molecule has 0 aromatic heterocycles. The molecule has 2 aromatic rings. The summed E-state index contributed by atoms with van der Waals surface area (Å²) in [6, 6.07) is 12.2. The Hall–Kier alpha value is -1.86. The van der Waals surface area contributed by atoms with Crippen LogP contribution in [0, 0.1) is 11.6 Å². The monoisotopic (exact) mass is 472 g/mol. The second-order valence-electron chi connectivity index (χ2n) is 9.93. The largest absolute Gasteiger partial charge is 0.389 e. The molecule has 0 bridgehead atoms. The third-order valence-electron chi connectivity index (χ3n) is 7.45. The maximum absolute atomic E-state index is 13.4. The summed E-state index contributed by atoms with van der Waals surface area (Å²) in [4.78, 5) is 2.70. The van der Waals surface area contributed by atoms with E-state index in [1.807, 2.05) is 0 Å². The van der Waals surface area contributed by atoms with Crippen LogP contribution in [0.5, 0.6) is 0 Å². The number of ether oxygens (including phenoxy) is 1. The molecule has 0 radical (unpaired) electrons. The lowest BCUT2D eigenvalue weighted by Crippen LogP contribution is -2.58. The van der Waals surface area contributed by atoms with E-state index in [9.17, 15) is 13.9 Å². The summed E-state index contributed by atoms with van der Waals surface area (Å²) in [5.74, 6) is -0.646. The van der Waals surface area contributed by atoms with Gasteiger partial charge in [0, 0.05) is 18.6 Å². The molecule has 1 unspecified atom stereocenters. The molecule has 1 aliphatic carbocycles. The van der Waals surface area contributed by atoms with Crippen LogP contribution in [0.25, 0.3) is 0 Å². The Morgan fingerprint density at radius 2 is 1.35 bits per heavy atom. The first-order valence-electron chi connectivity index (χ1n) is 12.8. The van der Waals surface area contributed by atoms with Crippen LogP contribution < -0.4 is 5.32 Å². The molecule has 0 spiro atoms. The second-order valence-corrected chi connectivity index (χ2v) is 9.93. The van der Waals surface area contributed by atoms with Crippen molar-refractivity contribution in [1.29, 1.82) is 0 Å². The van der Waals surface area contributed by atoms with E-state index in [4.69, 9.17) is 4.74 Å². The van der Waals surface area contributed by atoms with Gasteiger partial charge in [0.25, 0.3) is 0 Å². The first-order chi connectivity index (χ1) is 16.6. The van der Waals surface area contributed by atoms with Crippen LogP contribution in [0.1, 0.15) is 68.6 Å². The van der Waals surface area contributed by atoms with Crippen LogP contribution in [0.2, 0.25) is 0 Å². The number of aliphatic hydroxyl groups is 1. The molecule has 4 rings (SSSR count). The van der Waals surface area contributed by atoms with Crippen molar-refractivity contribution in [3.8, 4) is 0 Å². The summed E-state index contributed by atoms with van der Waals surface area (Å²) in [7, 11) is 0. The summed E-state index contributed by atoms with van der Waals surface area (Å²) in [6.45, 7) is 3.84. The van der Waals surface area contributed by atoms with E-state index in [-0.39, 0.29) is 23.8 Å². The molecule has 6 heteroatoms. The van der Waals surface area contributed by atoms with E-state index in [2.05, 4.69) is 10.2 Å². The number of hydrogen-bond donors (Lipinski definition) is 2. The molecule has 1 saturated carbocycles. The highest BCUT2D eigenvalue weighted by molar-refractivity contribution is 5.30. The minimum atomic E-state index is -0.676. The van der Waals surface area contributed by atoms with Crippen molar-refractivity contribution >= 4 is 0 Å². The fraction of sp³-hybridized carbons (Fsp3) is 0.571. The molecule has 186 valence electrons. The van der Waals surface area contributed by atoms with Gasteiger partial charge in [-0.25, -0.2) is 8.78 Å². The van der Waals surface area contributed by atoms with E-state index in [0.29, 0.717) is 6.54 Å². The first-order valence-corrected chi connectivity index (χ1v) is 12.8. The summed E-state index contributed by atoms with van der Waals surface area (Å²) < 4.78 is 33.0. The van der Waals surface area contributed by atoms with Crippen molar-refractivity contribution in [2.24, 2.45) is 0 Å². The van der Waals surface area contributed by atoms with Gasteiger partial charge in [-0.05, 0) is 74.2 Å². The molecule has 1 heterocycles. The molecular weight excluding hydrogens is 434 g/mol. The number of aliphatic hydroxyl groups excluding tert-OH is 1. The van der Waals surface area contributed by atoms with Gasteiger partial charge >= 0.3 is 0 Å². The number of rotatable bonds is 10. The van der Waals surface area contributed by atoms with Crippen LogP contribution in [0.3, 0.4) is 0 Å². The van der Waals surface area contributed by atoms with Gasteiger partial charge in [0.15, 0.2) is 0 Å². The van der Waals surface area contributed by atoms with Crippen LogP contribution in [-0.2, 0) is 4.74 Å². The van der Waals surface area contributed by atoms with Gasteiger partial charge in [-0.1, -0.05) is 49.9 Å². The number of piperidine rings is 1. The normalized spacial score (nSPS) is 19.9. The molecule has 0 amide bonds. The number of benzene rings is 2. The third kappa shape index (κ3) is 6.63. The SMILES string of the molecule is OC(CNCC1(N2CCCCC2)CCCCC1)COC(c1ccc(F)cc1)c1ccc(F)cc1. The topological polar surface area (TPSA) is 44.7 Å². The number of halogens is 2. The van der Waals surface area contributed by atoms with Crippen LogP contribution in [0.4, 0.5) is 8.78 Å². The van der Waals surface area contributed by atoms with E-state index < -0.39 is 12.2 Å². The van der Waals surface area contributed by atoms with E-state index in [1.54, 1.807) is 24.3 Å². The minimum Gasteiger partial charge on any atom is -0.389 e. The fourth-order valence-electron chi connectivity index (χ4n) is 5.58. The molecule has 2 aliphatic rings. The Morgan fingerprint density at radius 1 is 0.824 bits per heavy atom. The van der Waals surface area contributed by atoms with E-state index in [1.165, 1.54) is 88.7 Å². The maximum atomic E-state index is 13.4. The van der Waals surface area contributed by atoms with Gasteiger partial charge in [-0.15, -0.1) is 0 Å². The Kier molecular flexibility index (Phi) is 9.06. The highest BCUT2D eigenvalue weighted by atomic mass is 19.1. The van der Waals surface area contributed by atoms with Crippen molar-refractivity contribution in [3.05, 3.63) is 71.3 Å². The molecule has 1 aliphatic heterocycles. The van der Waals surface area contributed by atoms with Gasteiger partial charge in [0.1, 0.15) is 17.7 Å². The van der Waals surface area contributed by atoms with Gasteiger partial charge in [0.05, 0.1) is 12.7 Å². The number of hydrogen-bond acceptors (Lipinski definition) is 4. The molecule has 2 aromatic carbocycles. The molecule has 4 nitrogen and oxygen atoms in total. The predicted molar refractivity (Wildman–Crippen MR) is 131 cm³/mol. The van der Waals surface area contributed by atoms with E-state index >= 15 is 0 Å². The molecular formula is C28H38F2N2O2. The second kappa shape index (κ2) is 12.2. The molecule has 1 atom stereocenters. The average molecular weight is 473 g/mol. The fourth-order valence-corrected chi connectivity index (χ4v) is 5.58. The minimum absolute atomic E-state index is 0.128. The smallest absolute Gasteiger partial charge is 0.123 e. The lowest BCUT2D eigenvalue weighted by molar-refractivity contribution is 0.000342.